The Hall–Kier alpha value is -2.31. The Kier molecular flexibility index (Phi) is 6.62. The molecule has 3 saturated heterocycles. The lowest BCUT2D eigenvalue weighted by Gasteiger charge is -2.41. The maximum Gasteiger partial charge on any atom is 0.350 e. The van der Waals surface area contributed by atoms with E-state index < -0.39 is 94.4 Å². The van der Waals surface area contributed by atoms with Gasteiger partial charge in [0.25, 0.3) is 0 Å². The lowest BCUT2D eigenvalue weighted by molar-refractivity contribution is -0.193. The van der Waals surface area contributed by atoms with Crippen molar-refractivity contribution in [3.8, 4) is 0 Å². The molecular weight excluding hydrogens is 495 g/mol. The topological polar surface area (TPSA) is 80.3 Å². The minimum absolute atomic E-state index is 0.146. The number of carbonyl (C=O) groups excluding carboxylic acids is 2. The van der Waals surface area contributed by atoms with Crippen LogP contribution >= 0.6 is 0 Å². The minimum Gasteiger partial charge on any atom is -0.454 e. The van der Waals surface area contributed by atoms with Crippen molar-refractivity contribution in [3.63, 3.8) is 0 Å². The van der Waals surface area contributed by atoms with E-state index in [0.29, 0.717) is 6.42 Å². The van der Waals surface area contributed by atoms with E-state index in [1.807, 2.05) is 34.6 Å². The number of benzene rings is 1. The van der Waals surface area contributed by atoms with Gasteiger partial charge in [-0.1, -0.05) is 34.6 Å². The first-order valence-electron chi connectivity index (χ1n) is 11.5. The maximum absolute atomic E-state index is 14.2. The molecule has 0 bridgehead atoms. The van der Waals surface area contributed by atoms with E-state index in [2.05, 4.69) is 0 Å². The smallest absolute Gasteiger partial charge is 0.350 e. The molecule has 0 radical (unpaired) electrons. The second-order valence-corrected chi connectivity index (χ2v) is 10.9. The molecular formula is C24H27F5O7. The number of esters is 2. The summed E-state index contributed by atoms with van der Waals surface area (Å²) in [5.74, 6) is -12.3. The van der Waals surface area contributed by atoms with E-state index in [1.165, 1.54) is 0 Å². The van der Waals surface area contributed by atoms with Gasteiger partial charge in [0.1, 0.15) is 6.10 Å². The Balaban J connectivity index is 1.52. The Morgan fingerprint density at radius 2 is 1.42 bits per heavy atom. The quantitative estimate of drug-likeness (QED) is 0.245. The fraction of sp³-hybridized carbons (Fsp3) is 0.667. The Bertz CT molecular complexity index is 1060. The van der Waals surface area contributed by atoms with Crippen LogP contribution in [0.3, 0.4) is 0 Å². The minimum atomic E-state index is -2.32. The van der Waals surface area contributed by atoms with Crippen LogP contribution in [0.2, 0.25) is 0 Å². The highest BCUT2D eigenvalue weighted by molar-refractivity contribution is 5.84. The zero-order chi connectivity index (χ0) is 26.9. The van der Waals surface area contributed by atoms with Gasteiger partial charge < -0.3 is 23.7 Å². The maximum atomic E-state index is 14.2. The third-order valence-corrected chi connectivity index (χ3v) is 7.16. The first-order valence-corrected chi connectivity index (χ1v) is 11.5. The molecule has 3 heterocycles. The molecule has 7 nitrogen and oxygen atoms in total. The molecule has 7 unspecified atom stereocenters. The monoisotopic (exact) mass is 522 g/mol. The molecule has 200 valence electrons. The third kappa shape index (κ3) is 4.06. The summed E-state index contributed by atoms with van der Waals surface area (Å²) < 4.78 is 96.1. The van der Waals surface area contributed by atoms with Gasteiger partial charge in [0.05, 0.1) is 11.0 Å². The molecule has 12 heteroatoms. The molecule has 4 rings (SSSR count). The van der Waals surface area contributed by atoms with Gasteiger partial charge in [0.2, 0.25) is 11.9 Å². The van der Waals surface area contributed by atoms with Crippen molar-refractivity contribution in [1.29, 1.82) is 0 Å². The van der Waals surface area contributed by atoms with E-state index in [1.54, 1.807) is 6.92 Å². The molecule has 7 atom stereocenters. The number of hydrogen-bond donors (Lipinski definition) is 0. The van der Waals surface area contributed by atoms with Crippen molar-refractivity contribution in [2.45, 2.75) is 85.0 Å². The van der Waals surface area contributed by atoms with E-state index >= 15 is 0 Å². The number of ether oxygens (including phenoxy) is 5. The van der Waals surface area contributed by atoms with Crippen molar-refractivity contribution in [3.05, 3.63) is 34.6 Å². The highest BCUT2D eigenvalue weighted by Crippen LogP contribution is 2.48. The molecule has 0 N–H and O–H groups in total. The summed E-state index contributed by atoms with van der Waals surface area (Å²) in [6, 6.07) is 0. The number of halogens is 5. The Morgan fingerprint density at radius 3 is 1.94 bits per heavy atom. The van der Waals surface area contributed by atoms with Gasteiger partial charge in [-0.25, -0.2) is 26.7 Å². The van der Waals surface area contributed by atoms with Crippen molar-refractivity contribution in [2.75, 3.05) is 0 Å². The summed E-state index contributed by atoms with van der Waals surface area (Å²) >= 11 is 0. The van der Waals surface area contributed by atoms with Gasteiger partial charge in [0.15, 0.2) is 48.1 Å². The first-order chi connectivity index (χ1) is 16.6. The number of fused-ring (bicyclic) bond motifs is 3. The standard InChI is InChI=1S/C24H27F5O7/c1-8(2)7-24(6,23(3,4)5)22(31)35-17-15-16(32-19(17)30)18-21(33-15)36-20(34-18)9-10(25)12(27)14(29)13(28)11(9)26/h8,15-18,20-21H,7H2,1-6H3. The largest absolute Gasteiger partial charge is 0.454 e. The molecule has 36 heavy (non-hydrogen) atoms. The summed E-state index contributed by atoms with van der Waals surface area (Å²) in [6.45, 7) is 11.3. The van der Waals surface area contributed by atoms with Crippen LogP contribution in [-0.2, 0) is 33.3 Å². The van der Waals surface area contributed by atoms with Crippen LogP contribution in [0.5, 0.6) is 0 Å². The predicted molar refractivity (Wildman–Crippen MR) is 110 cm³/mol. The lowest BCUT2D eigenvalue weighted by Crippen LogP contribution is -2.46. The van der Waals surface area contributed by atoms with Gasteiger partial charge in [-0.3, -0.25) is 4.79 Å². The lowest BCUT2D eigenvalue weighted by atomic mass is 9.64. The summed E-state index contributed by atoms with van der Waals surface area (Å²) in [7, 11) is 0. The summed E-state index contributed by atoms with van der Waals surface area (Å²) in [4.78, 5) is 25.8. The molecule has 3 aliphatic heterocycles. The van der Waals surface area contributed by atoms with Crippen molar-refractivity contribution < 1.29 is 55.2 Å². The second-order valence-electron chi connectivity index (χ2n) is 10.9. The molecule has 1 aromatic rings. The normalized spacial score (nSPS) is 31.3. The fourth-order valence-electron chi connectivity index (χ4n) is 4.75. The van der Waals surface area contributed by atoms with E-state index in [4.69, 9.17) is 23.7 Å². The number of rotatable bonds is 5. The number of carbonyl (C=O) groups is 2. The molecule has 0 aliphatic carbocycles. The van der Waals surface area contributed by atoms with Crippen molar-refractivity contribution in [2.24, 2.45) is 16.7 Å². The summed E-state index contributed by atoms with van der Waals surface area (Å²) in [6.07, 6.45) is -7.98. The van der Waals surface area contributed by atoms with Crippen LogP contribution in [0.15, 0.2) is 0 Å². The number of hydrogen-bond acceptors (Lipinski definition) is 7. The molecule has 3 fully saturated rings. The van der Waals surface area contributed by atoms with E-state index in [0.717, 1.165) is 0 Å². The summed E-state index contributed by atoms with van der Waals surface area (Å²) in [5, 5.41) is 0. The third-order valence-electron chi connectivity index (χ3n) is 7.16. The second kappa shape index (κ2) is 8.91. The Morgan fingerprint density at radius 1 is 0.861 bits per heavy atom. The van der Waals surface area contributed by atoms with Gasteiger partial charge in [0, 0.05) is 0 Å². The van der Waals surface area contributed by atoms with Gasteiger partial charge >= 0.3 is 11.9 Å². The first kappa shape index (κ1) is 26.7. The molecule has 1 aromatic carbocycles. The zero-order valence-corrected chi connectivity index (χ0v) is 20.5. The van der Waals surface area contributed by atoms with Gasteiger partial charge in [-0.2, -0.15) is 0 Å². The Labute approximate surface area is 204 Å². The molecule has 0 saturated carbocycles. The predicted octanol–water partition coefficient (Wildman–Crippen LogP) is 4.46. The van der Waals surface area contributed by atoms with Gasteiger partial charge in [-0.15, -0.1) is 0 Å². The molecule has 0 spiro atoms. The highest BCUT2D eigenvalue weighted by atomic mass is 19.2. The molecule has 0 aromatic heterocycles. The van der Waals surface area contributed by atoms with Gasteiger partial charge in [-0.05, 0) is 24.7 Å². The van der Waals surface area contributed by atoms with Crippen molar-refractivity contribution in [1.82, 2.24) is 0 Å². The van der Waals surface area contributed by atoms with E-state index in [-0.39, 0.29) is 5.92 Å². The SMILES string of the molecule is CC(C)CC(C)(C(=O)OC1C(=O)OC2C3OC(c4c(F)c(F)c(F)c(F)c4F)OC3OC12)C(C)(C)C. The van der Waals surface area contributed by atoms with E-state index in [9.17, 15) is 31.5 Å². The average molecular weight is 522 g/mol. The van der Waals surface area contributed by atoms with Crippen molar-refractivity contribution >= 4 is 11.9 Å². The molecule has 3 aliphatic rings. The summed E-state index contributed by atoms with van der Waals surface area (Å²) in [5.41, 5.74) is -2.81. The average Bonchev–Trinajstić information content (AvgIpc) is 3.40. The fourth-order valence-corrected chi connectivity index (χ4v) is 4.75. The van der Waals surface area contributed by atoms with Crippen LogP contribution in [0.1, 0.15) is 59.8 Å². The zero-order valence-electron chi connectivity index (χ0n) is 20.5. The van der Waals surface area contributed by atoms with Crippen LogP contribution in [0.25, 0.3) is 0 Å². The molecule has 0 amide bonds. The van der Waals surface area contributed by atoms with Crippen LogP contribution in [0.4, 0.5) is 22.0 Å². The van der Waals surface area contributed by atoms with Crippen LogP contribution in [0, 0.1) is 45.8 Å². The van der Waals surface area contributed by atoms with Crippen LogP contribution < -0.4 is 0 Å². The highest BCUT2D eigenvalue weighted by Gasteiger charge is 2.64. The van der Waals surface area contributed by atoms with Crippen LogP contribution in [-0.4, -0.2) is 42.6 Å².